The Kier molecular flexibility index (Phi) is 4.64. The zero-order chi connectivity index (χ0) is 17.9. The van der Waals surface area contributed by atoms with Gasteiger partial charge in [0.25, 0.3) is 5.69 Å². The van der Waals surface area contributed by atoms with Crippen LogP contribution in [0.2, 0.25) is 0 Å². The average molecular weight is 367 g/mol. The van der Waals surface area contributed by atoms with E-state index in [1.54, 1.807) is 23.5 Å². The second-order valence-corrected chi connectivity index (χ2v) is 6.92. The molecular formula is C19H17N3O3S. The highest BCUT2D eigenvalue weighted by atomic mass is 32.1. The SMILES string of the molecule is O=[N+]([O-])c1ccc(-c2sc(N3CCOCC3)nc2-c2ccccc2)cc1. The predicted molar refractivity (Wildman–Crippen MR) is 103 cm³/mol. The number of aromatic nitrogens is 1. The molecule has 4 rings (SSSR count). The summed E-state index contributed by atoms with van der Waals surface area (Å²) in [5.41, 5.74) is 2.97. The summed E-state index contributed by atoms with van der Waals surface area (Å²) in [6.45, 7) is 3.04. The van der Waals surface area contributed by atoms with Gasteiger partial charge in [-0.15, -0.1) is 0 Å². The zero-order valence-corrected chi connectivity index (χ0v) is 14.8. The molecule has 2 heterocycles. The van der Waals surface area contributed by atoms with Gasteiger partial charge in [-0.25, -0.2) is 4.98 Å². The molecule has 6 nitrogen and oxygen atoms in total. The smallest absolute Gasteiger partial charge is 0.269 e. The number of ether oxygens (including phenoxy) is 1. The number of morpholine rings is 1. The van der Waals surface area contributed by atoms with E-state index in [-0.39, 0.29) is 10.6 Å². The van der Waals surface area contributed by atoms with E-state index in [9.17, 15) is 10.1 Å². The average Bonchev–Trinajstić information content (AvgIpc) is 3.15. The molecule has 1 aromatic heterocycles. The van der Waals surface area contributed by atoms with Crippen LogP contribution in [-0.2, 0) is 4.74 Å². The van der Waals surface area contributed by atoms with Crippen LogP contribution in [0.5, 0.6) is 0 Å². The third-order valence-corrected chi connectivity index (χ3v) is 5.45. The molecule has 0 atom stereocenters. The lowest BCUT2D eigenvalue weighted by molar-refractivity contribution is -0.384. The summed E-state index contributed by atoms with van der Waals surface area (Å²) in [6, 6.07) is 16.7. The predicted octanol–water partition coefficient (Wildman–Crippen LogP) is 4.22. The number of nitrogens with zero attached hydrogens (tertiary/aromatic N) is 3. The van der Waals surface area contributed by atoms with Gasteiger partial charge in [-0.1, -0.05) is 41.7 Å². The maximum absolute atomic E-state index is 10.9. The largest absolute Gasteiger partial charge is 0.378 e. The fraction of sp³-hybridized carbons (Fsp3) is 0.211. The second kappa shape index (κ2) is 7.23. The molecule has 132 valence electrons. The molecule has 0 amide bonds. The van der Waals surface area contributed by atoms with Crippen LogP contribution in [0, 0.1) is 10.1 Å². The van der Waals surface area contributed by atoms with Gasteiger partial charge in [0, 0.05) is 30.8 Å². The molecule has 0 spiro atoms. The molecule has 2 aromatic carbocycles. The lowest BCUT2D eigenvalue weighted by Gasteiger charge is -2.26. The van der Waals surface area contributed by atoms with Crippen LogP contribution in [0.15, 0.2) is 54.6 Å². The summed E-state index contributed by atoms with van der Waals surface area (Å²) < 4.78 is 5.43. The normalized spacial score (nSPS) is 14.4. The highest BCUT2D eigenvalue weighted by Gasteiger charge is 2.20. The lowest BCUT2D eigenvalue weighted by atomic mass is 10.1. The number of non-ortho nitro benzene ring substituents is 1. The fourth-order valence-corrected chi connectivity index (χ4v) is 4.07. The van der Waals surface area contributed by atoms with Gasteiger partial charge in [0.1, 0.15) is 0 Å². The molecule has 0 N–H and O–H groups in total. The molecule has 0 unspecified atom stereocenters. The second-order valence-electron chi connectivity index (χ2n) is 5.94. The number of hydrogen-bond donors (Lipinski definition) is 0. The molecule has 26 heavy (non-hydrogen) atoms. The van der Waals surface area contributed by atoms with Crippen molar-refractivity contribution in [3.63, 3.8) is 0 Å². The van der Waals surface area contributed by atoms with E-state index in [1.165, 1.54) is 12.1 Å². The van der Waals surface area contributed by atoms with Crippen LogP contribution < -0.4 is 4.90 Å². The van der Waals surface area contributed by atoms with Crippen molar-refractivity contribution in [2.75, 3.05) is 31.2 Å². The third kappa shape index (κ3) is 3.31. The van der Waals surface area contributed by atoms with Gasteiger partial charge in [0.05, 0.1) is 28.7 Å². The Balaban J connectivity index is 1.78. The minimum atomic E-state index is -0.381. The maximum atomic E-state index is 10.9. The first-order chi connectivity index (χ1) is 12.7. The van der Waals surface area contributed by atoms with Crippen LogP contribution in [-0.4, -0.2) is 36.2 Å². The minimum absolute atomic E-state index is 0.0907. The standard InChI is InChI=1S/C19H17N3O3S/c23-22(24)16-8-6-15(7-9-16)18-17(14-4-2-1-3-5-14)20-19(26-18)21-10-12-25-13-11-21/h1-9H,10-13H2. The van der Waals surface area contributed by atoms with Crippen molar-refractivity contribution in [3.05, 3.63) is 64.7 Å². The first-order valence-corrected chi connectivity index (χ1v) is 9.18. The van der Waals surface area contributed by atoms with Crippen molar-refractivity contribution in [3.8, 4) is 21.7 Å². The van der Waals surface area contributed by atoms with Gasteiger partial charge in [0.2, 0.25) is 0 Å². The number of benzene rings is 2. The molecule has 0 aliphatic carbocycles. The van der Waals surface area contributed by atoms with E-state index in [1.807, 2.05) is 30.3 Å². The number of hydrogen-bond acceptors (Lipinski definition) is 6. The van der Waals surface area contributed by atoms with Crippen molar-refractivity contribution in [2.24, 2.45) is 0 Å². The van der Waals surface area contributed by atoms with Crippen molar-refractivity contribution in [2.45, 2.75) is 0 Å². The Morgan fingerprint density at radius 2 is 1.69 bits per heavy atom. The van der Waals surface area contributed by atoms with Crippen LogP contribution in [0.1, 0.15) is 0 Å². The summed E-state index contributed by atoms with van der Waals surface area (Å²) in [6.07, 6.45) is 0. The summed E-state index contributed by atoms with van der Waals surface area (Å²) in [5, 5.41) is 11.9. The highest BCUT2D eigenvalue weighted by molar-refractivity contribution is 7.19. The van der Waals surface area contributed by atoms with E-state index in [0.29, 0.717) is 13.2 Å². The number of rotatable bonds is 4. The number of thiazole rings is 1. The first kappa shape index (κ1) is 16.7. The molecule has 1 saturated heterocycles. The van der Waals surface area contributed by atoms with Crippen LogP contribution >= 0.6 is 11.3 Å². The van der Waals surface area contributed by atoms with Crippen molar-refractivity contribution in [1.29, 1.82) is 0 Å². The van der Waals surface area contributed by atoms with E-state index >= 15 is 0 Å². The monoisotopic (exact) mass is 367 g/mol. The Hall–Kier alpha value is -2.77. The fourth-order valence-electron chi connectivity index (χ4n) is 2.92. The summed E-state index contributed by atoms with van der Waals surface area (Å²) >= 11 is 1.62. The van der Waals surface area contributed by atoms with E-state index in [2.05, 4.69) is 4.90 Å². The molecule has 1 aliphatic rings. The van der Waals surface area contributed by atoms with Crippen molar-refractivity contribution < 1.29 is 9.66 Å². The van der Waals surface area contributed by atoms with E-state index in [0.717, 1.165) is 39.9 Å². The Morgan fingerprint density at radius 1 is 1.00 bits per heavy atom. The molecular weight excluding hydrogens is 350 g/mol. The summed E-state index contributed by atoms with van der Waals surface area (Å²) in [4.78, 5) is 18.7. The molecule has 0 saturated carbocycles. The van der Waals surface area contributed by atoms with Gasteiger partial charge in [-0.05, 0) is 17.7 Å². The van der Waals surface area contributed by atoms with Crippen LogP contribution in [0.25, 0.3) is 21.7 Å². The molecule has 3 aromatic rings. The Morgan fingerprint density at radius 3 is 2.35 bits per heavy atom. The zero-order valence-electron chi connectivity index (χ0n) is 14.0. The number of nitro groups is 1. The van der Waals surface area contributed by atoms with Gasteiger partial charge >= 0.3 is 0 Å². The molecule has 0 bridgehead atoms. The van der Waals surface area contributed by atoms with Crippen LogP contribution in [0.3, 0.4) is 0 Å². The van der Waals surface area contributed by atoms with Gasteiger partial charge in [-0.3, -0.25) is 10.1 Å². The lowest BCUT2D eigenvalue weighted by Crippen LogP contribution is -2.36. The summed E-state index contributed by atoms with van der Waals surface area (Å²) in [5.74, 6) is 0. The maximum Gasteiger partial charge on any atom is 0.269 e. The summed E-state index contributed by atoms with van der Waals surface area (Å²) in [7, 11) is 0. The van der Waals surface area contributed by atoms with E-state index < -0.39 is 0 Å². The molecule has 1 fully saturated rings. The number of nitro benzene ring substituents is 1. The molecule has 7 heteroatoms. The quantitative estimate of drug-likeness (QED) is 0.510. The van der Waals surface area contributed by atoms with Crippen molar-refractivity contribution in [1.82, 2.24) is 4.98 Å². The molecule has 0 radical (unpaired) electrons. The van der Waals surface area contributed by atoms with Gasteiger partial charge in [0.15, 0.2) is 5.13 Å². The van der Waals surface area contributed by atoms with E-state index in [4.69, 9.17) is 9.72 Å². The van der Waals surface area contributed by atoms with Crippen LogP contribution in [0.4, 0.5) is 10.8 Å². The minimum Gasteiger partial charge on any atom is -0.378 e. The highest BCUT2D eigenvalue weighted by Crippen LogP contribution is 2.40. The molecule has 1 aliphatic heterocycles. The van der Waals surface area contributed by atoms with Gasteiger partial charge < -0.3 is 9.64 Å². The van der Waals surface area contributed by atoms with Gasteiger partial charge in [-0.2, -0.15) is 0 Å². The Bertz CT molecular complexity index is 904. The Labute approximate surface area is 154 Å². The third-order valence-electron chi connectivity index (χ3n) is 4.29. The topological polar surface area (TPSA) is 68.5 Å². The van der Waals surface area contributed by atoms with Crippen molar-refractivity contribution >= 4 is 22.2 Å². The first-order valence-electron chi connectivity index (χ1n) is 8.36. The number of anilines is 1.